The molecule has 4 rings (SSSR count). The smallest absolute Gasteiger partial charge is 0.272 e. The van der Waals surface area contributed by atoms with E-state index in [1.807, 2.05) is 43.3 Å². The molecule has 0 aliphatic heterocycles. The predicted octanol–water partition coefficient (Wildman–Crippen LogP) is 6.66. The SMILES string of the molecule is CCC(C)Nc1cc(C)c(N=Nc2nc(-c3ccccc3)nn2-c2ccc(N=O)cc2)c(NC(C)C=O)n1. The lowest BCUT2D eigenvalue weighted by atomic mass is 10.2. The van der Waals surface area contributed by atoms with Crippen LogP contribution in [-0.4, -0.2) is 38.1 Å². The van der Waals surface area contributed by atoms with Crippen molar-refractivity contribution in [2.24, 2.45) is 15.4 Å². The average Bonchev–Trinajstić information content (AvgIpc) is 3.37. The minimum atomic E-state index is -0.479. The van der Waals surface area contributed by atoms with Gasteiger partial charge in [0, 0.05) is 11.6 Å². The average molecular weight is 512 g/mol. The van der Waals surface area contributed by atoms with E-state index in [1.165, 1.54) is 0 Å². The number of pyridine rings is 1. The number of carbonyl (C=O) groups excluding carboxylic acids is 1. The van der Waals surface area contributed by atoms with Gasteiger partial charge in [-0.05, 0) is 68.3 Å². The van der Waals surface area contributed by atoms with E-state index in [9.17, 15) is 9.70 Å². The topological polar surface area (TPSA) is 139 Å². The number of nitrogens with one attached hydrogen (secondary N) is 2. The van der Waals surface area contributed by atoms with E-state index < -0.39 is 6.04 Å². The summed E-state index contributed by atoms with van der Waals surface area (Å²) in [5.74, 6) is 1.80. The number of aryl methyl sites for hydroxylation is 1. The molecule has 0 radical (unpaired) electrons. The first-order valence-corrected chi connectivity index (χ1v) is 12.3. The molecule has 0 saturated carbocycles. The number of aromatic nitrogens is 4. The van der Waals surface area contributed by atoms with E-state index >= 15 is 0 Å². The van der Waals surface area contributed by atoms with Crippen LogP contribution in [0.3, 0.4) is 0 Å². The van der Waals surface area contributed by atoms with Gasteiger partial charge in [-0.25, -0.2) is 4.98 Å². The lowest BCUT2D eigenvalue weighted by molar-refractivity contribution is -0.108. The maximum Gasteiger partial charge on any atom is 0.272 e. The van der Waals surface area contributed by atoms with Gasteiger partial charge in [0.05, 0.1) is 11.7 Å². The second-order valence-electron chi connectivity index (χ2n) is 8.87. The van der Waals surface area contributed by atoms with Crippen molar-refractivity contribution in [1.82, 2.24) is 19.7 Å². The van der Waals surface area contributed by atoms with E-state index in [1.54, 1.807) is 35.9 Å². The van der Waals surface area contributed by atoms with Gasteiger partial charge in [-0.1, -0.05) is 37.3 Å². The molecule has 0 fully saturated rings. The van der Waals surface area contributed by atoms with Crippen LogP contribution in [-0.2, 0) is 4.79 Å². The van der Waals surface area contributed by atoms with Crippen molar-refractivity contribution in [1.29, 1.82) is 0 Å². The first-order chi connectivity index (χ1) is 18.4. The second kappa shape index (κ2) is 12.0. The van der Waals surface area contributed by atoms with Crippen molar-refractivity contribution < 1.29 is 4.79 Å². The summed E-state index contributed by atoms with van der Waals surface area (Å²) in [5.41, 5.74) is 3.04. The maximum absolute atomic E-state index is 11.4. The molecule has 0 bridgehead atoms. The van der Waals surface area contributed by atoms with Crippen molar-refractivity contribution in [2.75, 3.05) is 10.6 Å². The van der Waals surface area contributed by atoms with Gasteiger partial charge < -0.3 is 15.4 Å². The summed E-state index contributed by atoms with van der Waals surface area (Å²) in [6.07, 6.45) is 1.73. The number of nitrogens with zero attached hydrogens (tertiary/aromatic N) is 7. The Kier molecular flexibility index (Phi) is 8.27. The maximum atomic E-state index is 11.4. The Labute approximate surface area is 220 Å². The van der Waals surface area contributed by atoms with E-state index in [0.717, 1.165) is 23.8 Å². The number of nitroso groups, excluding NO2 is 1. The van der Waals surface area contributed by atoms with E-state index in [0.29, 0.717) is 34.5 Å². The molecule has 38 heavy (non-hydrogen) atoms. The minimum Gasteiger partial charge on any atom is -0.368 e. The largest absolute Gasteiger partial charge is 0.368 e. The third-order valence-electron chi connectivity index (χ3n) is 5.82. The number of carbonyl (C=O) groups is 1. The molecule has 2 atom stereocenters. The Balaban J connectivity index is 1.79. The molecule has 2 aromatic carbocycles. The van der Waals surface area contributed by atoms with Crippen molar-refractivity contribution >= 4 is 35.2 Å². The fourth-order valence-electron chi connectivity index (χ4n) is 3.57. The predicted molar refractivity (Wildman–Crippen MR) is 148 cm³/mol. The molecule has 0 amide bonds. The van der Waals surface area contributed by atoms with Gasteiger partial charge in [-0.15, -0.1) is 20.2 Å². The summed E-state index contributed by atoms with van der Waals surface area (Å²) >= 11 is 0. The summed E-state index contributed by atoms with van der Waals surface area (Å²) in [7, 11) is 0. The third-order valence-corrected chi connectivity index (χ3v) is 5.82. The van der Waals surface area contributed by atoms with Gasteiger partial charge in [0.25, 0.3) is 5.95 Å². The second-order valence-corrected chi connectivity index (χ2v) is 8.87. The van der Waals surface area contributed by atoms with Gasteiger partial charge in [0.2, 0.25) is 0 Å². The Morgan fingerprint density at radius 2 is 1.74 bits per heavy atom. The monoisotopic (exact) mass is 511 g/mol. The molecule has 4 aromatic rings. The molecule has 2 N–H and O–H groups in total. The molecule has 0 spiro atoms. The van der Waals surface area contributed by atoms with Crippen LogP contribution in [0.5, 0.6) is 0 Å². The highest BCUT2D eigenvalue weighted by molar-refractivity contribution is 5.72. The van der Waals surface area contributed by atoms with Crippen molar-refractivity contribution in [3.05, 3.63) is 71.1 Å². The van der Waals surface area contributed by atoms with Gasteiger partial charge in [-0.3, -0.25) is 0 Å². The molecular formula is C27H29N9O2. The number of aldehydes is 1. The standard InChI is InChI=1S/C27H29N9O2/c1-5-18(3)28-23-15-17(2)24(26(30-23)29-19(4)16-37)32-33-27-31-25(20-9-7-6-8-10-20)34-36(27)22-13-11-21(35-38)12-14-22/h6-16,18-19H,5H2,1-4H3,(H2,28,29,30). The third kappa shape index (κ3) is 6.12. The Morgan fingerprint density at radius 3 is 2.39 bits per heavy atom. The highest BCUT2D eigenvalue weighted by atomic mass is 16.3. The van der Waals surface area contributed by atoms with Crippen LogP contribution in [0.2, 0.25) is 0 Å². The van der Waals surface area contributed by atoms with Gasteiger partial charge in [-0.2, -0.15) is 9.67 Å². The molecule has 0 saturated heterocycles. The Bertz CT molecular complexity index is 1430. The fraction of sp³-hybridized carbons (Fsp3) is 0.259. The Hall–Kier alpha value is -4.80. The first kappa shape index (κ1) is 26.3. The van der Waals surface area contributed by atoms with Gasteiger partial charge >= 0.3 is 0 Å². The molecule has 2 unspecified atom stereocenters. The van der Waals surface area contributed by atoms with Crippen molar-refractivity contribution in [2.45, 2.75) is 46.2 Å². The van der Waals surface area contributed by atoms with Crippen LogP contribution < -0.4 is 10.6 Å². The van der Waals surface area contributed by atoms with Gasteiger partial charge in [0.1, 0.15) is 23.5 Å². The number of azo groups is 1. The molecular weight excluding hydrogens is 482 g/mol. The normalized spacial score (nSPS) is 12.7. The Morgan fingerprint density at radius 1 is 1.00 bits per heavy atom. The molecule has 0 aliphatic rings. The summed E-state index contributed by atoms with van der Waals surface area (Å²) in [6, 6.07) is 17.8. The number of benzene rings is 2. The van der Waals surface area contributed by atoms with Crippen LogP contribution in [0.15, 0.2) is 76.1 Å². The zero-order chi connectivity index (χ0) is 27.1. The lowest BCUT2D eigenvalue weighted by Gasteiger charge is -2.17. The molecule has 2 heterocycles. The zero-order valence-electron chi connectivity index (χ0n) is 21.7. The number of hydrogen-bond donors (Lipinski definition) is 2. The number of anilines is 2. The summed E-state index contributed by atoms with van der Waals surface area (Å²) in [6.45, 7) is 7.80. The molecule has 11 heteroatoms. The van der Waals surface area contributed by atoms with Crippen molar-refractivity contribution in [3.8, 4) is 17.1 Å². The van der Waals surface area contributed by atoms with Crippen LogP contribution in [0, 0.1) is 11.8 Å². The zero-order valence-corrected chi connectivity index (χ0v) is 21.7. The number of rotatable bonds is 11. The van der Waals surface area contributed by atoms with E-state index in [4.69, 9.17) is 0 Å². The molecule has 194 valence electrons. The number of hydrogen-bond acceptors (Lipinski definition) is 10. The lowest BCUT2D eigenvalue weighted by Crippen LogP contribution is -2.19. The van der Waals surface area contributed by atoms with Crippen molar-refractivity contribution in [3.63, 3.8) is 0 Å². The highest BCUT2D eigenvalue weighted by Gasteiger charge is 2.16. The van der Waals surface area contributed by atoms with Crippen LogP contribution >= 0.6 is 0 Å². The summed E-state index contributed by atoms with van der Waals surface area (Å²) in [4.78, 5) is 31.5. The quantitative estimate of drug-likeness (QED) is 0.130. The van der Waals surface area contributed by atoms with Gasteiger partial charge in [0.15, 0.2) is 11.6 Å². The summed E-state index contributed by atoms with van der Waals surface area (Å²) < 4.78 is 1.54. The van der Waals surface area contributed by atoms with E-state index in [2.05, 4.69) is 55.0 Å². The van der Waals surface area contributed by atoms with Crippen LogP contribution in [0.1, 0.15) is 32.8 Å². The minimum absolute atomic E-state index is 0.224. The molecule has 2 aromatic heterocycles. The first-order valence-electron chi connectivity index (χ1n) is 12.3. The molecule has 11 nitrogen and oxygen atoms in total. The highest BCUT2D eigenvalue weighted by Crippen LogP contribution is 2.33. The fourth-order valence-corrected chi connectivity index (χ4v) is 3.57. The van der Waals surface area contributed by atoms with E-state index in [-0.39, 0.29) is 12.0 Å². The molecule has 0 aliphatic carbocycles. The van der Waals surface area contributed by atoms with Crippen LogP contribution in [0.25, 0.3) is 17.1 Å². The summed E-state index contributed by atoms with van der Waals surface area (Å²) in [5, 5.41) is 23.0. The van der Waals surface area contributed by atoms with Crippen LogP contribution in [0.4, 0.5) is 29.0 Å².